The second-order valence-corrected chi connectivity index (χ2v) is 4.62. The molecule has 0 bridgehead atoms. The van der Waals surface area contributed by atoms with Crippen LogP contribution in [0.25, 0.3) is 0 Å². The zero-order chi connectivity index (χ0) is 11.4. The third-order valence-electron chi connectivity index (χ3n) is 3.31. The van der Waals surface area contributed by atoms with Crippen LogP contribution in [0.4, 0.5) is 0 Å². The van der Waals surface area contributed by atoms with E-state index < -0.39 is 0 Å². The lowest BCUT2D eigenvalue weighted by atomic mass is 9.87. The van der Waals surface area contributed by atoms with Gasteiger partial charge in [0.15, 0.2) is 5.75 Å². The Balaban J connectivity index is 0.00000144. The van der Waals surface area contributed by atoms with Crippen molar-refractivity contribution >= 4 is 12.4 Å². The molecule has 1 aromatic heterocycles. The van der Waals surface area contributed by atoms with E-state index in [2.05, 4.69) is 12.0 Å². The number of nitrogens with zero attached hydrogens (tertiary/aromatic N) is 2. The monoisotopic (exact) mass is 259 g/mol. The maximum Gasteiger partial charge on any atom is 0.157 e. The summed E-state index contributed by atoms with van der Waals surface area (Å²) in [5.74, 6) is 1.56. The Morgan fingerprint density at radius 2 is 2.12 bits per heavy atom. The van der Waals surface area contributed by atoms with Crippen LogP contribution in [0.3, 0.4) is 0 Å². The Bertz CT molecular complexity index is 321. The summed E-state index contributed by atoms with van der Waals surface area (Å²) in [6.07, 6.45) is 8.42. The topological polar surface area (TPSA) is 53.1 Å². The number of rotatable bonds is 4. The molecule has 5 heteroatoms. The largest absolute Gasteiger partial charge is 0.490 e. The van der Waals surface area contributed by atoms with Crippen molar-refractivity contribution in [2.45, 2.75) is 45.2 Å². The van der Waals surface area contributed by atoms with Gasteiger partial charge in [0.2, 0.25) is 0 Å². The second kappa shape index (κ2) is 6.87. The lowest BCUT2D eigenvalue weighted by Crippen LogP contribution is -2.28. The molecule has 1 aromatic rings. The number of nitrogens with two attached hydrogens (primary N) is 1. The first-order chi connectivity index (χ1) is 7.78. The van der Waals surface area contributed by atoms with E-state index in [0.717, 1.165) is 31.7 Å². The molecule has 1 aliphatic carbocycles. The Hall–Kier alpha value is -0.740. The average Bonchev–Trinajstić information content (AvgIpc) is 2.76. The molecular weight excluding hydrogens is 238 g/mol. The van der Waals surface area contributed by atoms with Gasteiger partial charge in [-0.25, -0.2) is 0 Å². The molecule has 0 aliphatic heterocycles. The molecule has 17 heavy (non-hydrogen) atoms. The van der Waals surface area contributed by atoms with Crippen LogP contribution in [-0.2, 0) is 6.54 Å². The van der Waals surface area contributed by atoms with E-state index in [4.69, 9.17) is 10.5 Å². The summed E-state index contributed by atoms with van der Waals surface area (Å²) in [4.78, 5) is 0. The van der Waals surface area contributed by atoms with Crippen LogP contribution in [0, 0.1) is 5.92 Å². The molecule has 0 amide bonds. The van der Waals surface area contributed by atoms with Gasteiger partial charge >= 0.3 is 0 Å². The Labute approximate surface area is 109 Å². The van der Waals surface area contributed by atoms with Crippen LogP contribution in [0.1, 0.15) is 32.6 Å². The van der Waals surface area contributed by atoms with Crippen LogP contribution in [0.5, 0.6) is 5.75 Å². The Kier molecular flexibility index (Phi) is 5.78. The van der Waals surface area contributed by atoms with Crippen molar-refractivity contribution < 1.29 is 4.74 Å². The highest BCUT2D eigenvalue weighted by atomic mass is 35.5. The second-order valence-electron chi connectivity index (χ2n) is 4.62. The van der Waals surface area contributed by atoms with Crippen LogP contribution in [0.2, 0.25) is 0 Å². The molecule has 0 aromatic carbocycles. The molecule has 0 unspecified atom stereocenters. The van der Waals surface area contributed by atoms with E-state index in [1.54, 1.807) is 6.20 Å². The van der Waals surface area contributed by atoms with Gasteiger partial charge in [-0.3, -0.25) is 4.68 Å². The van der Waals surface area contributed by atoms with Gasteiger partial charge in [0.05, 0.1) is 19.0 Å². The molecule has 0 atom stereocenters. The van der Waals surface area contributed by atoms with Gasteiger partial charge in [-0.2, -0.15) is 5.10 Å². The standard InChI is InChI=1S/C12H21N3O.ClH/c1-2-15-8-12(7-14-15)16-9-10-3-5-11(13)6-4-10;/h7-8,10-11H,2-6,9,13H2,1H3;1H. The predicted octanol–water partition coefficient (Wildman–Crippen LogP) is 2.22. The van der Waals surface area contributed by atoms with E-state index in [0.29, 0.717) is 12.0 Å². The SMILES string of the molecule is CCn1cc(OCC2CCC(N)CC2)cn1.Cl. The van der Waals surface area contributed by atoms with E-state index in [9.17, 15) is 0 Å². The highest BCUT2D eigenvalue weighted by molar-refractivity contribution is 5.85. The Morgan fingerprint density at radius 1 is 1.41 bits per heavy atom. The summed E-state index contributed by atoms with van der Waals surface area (Å²) >= 11 is 0. The molecule has 0 saturated heterocycles. The molecule has 4 nitrogen and oxygen atoms in total. The van der Waals surface area contributed by atoms with Gasteiger partial charge in [-0.1, -0.05) is 0 Å². The van der Waals surface area contributed by atoms with Crippen LogP contribution < -0.4 is 10.5 Å². The van der Waals surface area contributed by atoms with Crippen LogP contribution in [0.15, 0.2) is 12.4 Å². The Morgan fingerprint density at radius 3 is 2.71 bits per heavy atom. The van der Waals surface area contributed by atoms with Crippen molar-refractivity contribution in [2.75, 3.05) is 6.61 Å². The fourth-order valence-electron chi connectivity index (χ4n) is 2.16. The van der Waals surface area contributed by atoms with Gasteiger partial charge in [0.25, 0.3) is 0 Å². The highest BCUT2D eigenvalue weighted by Gasteiger charge is 2.19. The molecule has 2 N–H and O–H groups in total. The number of halogens is 1. The maximum absolute atomic E-state index is 5.87. The minimum Gasteiger partial charge on any atom is -0.490 e. The highest BCUT2D eigenvalue weighted by Crippen LogP contribution is 2.24. The van der Waals surface area contributed by atoms with Crippen molar-refractivity contribution in [1.29, 1.82) is 0 Å². The molecule has 1 saturated carbocycles. The number of aromatic nitrogens is 2. The molecule has 1 aliphatic rings. The van der Waals surface area contributed by atoms with Gasteiger partial charge in [0.1, 0.15) is 0 Å². The summed E-state index contributed by atoms with van der Waals surface area (Å²) in [7, 11) is 0. The van der Waals surface area contributed by atoms with E-state index in [1.807, 2.05) is 10.9 Å². The third kappa shape index (κ3) is 4.21. The normalized spacial score (nSPS) is 24.1. The first-order valence-electron chi connectivity index (χ1n) is 6.18. The number of hydrogen-bond acceptors (Lipinski definition) is 3. The molecule has 98 valence electrons. The quantitative estimate of drug-likeness (QED) is 0.902. The van der Waals surface area contributed by atoms with Crippen molar-refractivity contribution in [3.05, 3.63) is 12.4 Å². The lowest BCUT2D eigenvalue weighted by molar-refractivity contribution is 0.200. The van der Waals surface area contributed by atoms with Crippen LogP contribution in [-0.4, -0.2) is 22.4 Å². The minimum absolute atomic E-state index is 0. The lowest BCUT2D eigenvalue weighted by Gasteiger charge is -2.25. The summed E-state index contributed by atoms with van der Waals surface area (Å²) in [5, 5.41) is 4.18. The minimum atomic E-state index is 0. The smallest absolute Gasteiger partial charge is 0.157 e. The van der Waals surface area contributed by atoms with Gasteiger partial charge < -0.3 is 10.5 Å². The molecule has 0 spiro atoms. The fraction of sp³-hybridized carbons (Fsp3) is 0.750. The van der Waals surface area contributed by atoms with Gasteiger partial charge in [-0.15, -0.1) is 12.4 Å². The van der Waals surface area contributed by atoms with Gasteiger partial charge in [0, 0.05) is 12.6 Å². The molecule has 2 rings (SSSR count). The van der Waals surface area contributed by atoms with Crippen LogP contribution >= 0.6 is 12.4 Å². The zero-order valence-electron chi connectivity index (χ0n) is 10.3. The van der Waals surface area contributed by atoms with Crippen molar-refractivity contribution in [2.24, 2.45) is 11.7 Å². The summed E-state index contributed by atoms with van der Waals surface area (Å²) in [5.41, 5.74) is 5.87. The maximum atomic E-state index is 5.87. The van der Waals surface area contributed by atoms with Gasteiger partial charge in [-0.05, 0) is 38.5 Å². The first kappa shape index (κ1) is 14.3. The summed E-state index contributed by atoms with van der Waals surface area (Å²) in [6, 6.07) is 0.416. The molecule has 1 fully saturated rings. The van der Waals surface area contributed by atoms with Crippen molar-refractivity contribution in [1.82, 2.24) is 9.78 Å². The zero-order valence-corrected chi connectivity index (χ0v) is 11.2. The molecule has 1 heterocycles. The molecule has 0 radical (unpaired) electrons. The van der Waals surface area contributed by atoms with E-state index in [-0.39, 0.29) is 12.4 Å². The third-order valence-corrected chi connectivity index (χ3v) is 3.31. The van der Waals surface area contributed by atoms with Crippen molar-refractivity contribution in [3.8, 4) is 5.75 Å². The first-order valence-corrected chi connectivity index (χ1v) is 6.18. The summed E-state index contributed by atoms with van der Waals surface area (Å²) in [6.45, 7) is 3.77. The number of aryl methyl sites for hydroxylation is 1. The average molecular weight is 260 g/mol. The van der Waals surface area contributed by atoms with E-state index in [1.165, 1.54) is 12.8 Å². The summed E-state index contributed by atoms with van der Waals surface area (Å²) < 4.78 is 7.62. The fourth-order valence-corrected chi connectivity index (χ4v) is 2.16. The number of hydrogen-bond donors (Lipinski definition) is 1. The van der Waals surface area contributed by atoms with Crippen molar-refractivity contribution in [3.63, 3.8) is 0 Å². The molecular formula is C12H22ClN3O. The predicted molar refractivity (Wildman–Crippen MR) is 70.6 cm³/mol. The number of ether oxygens (including phenoxy) is 1. The van der Waals surface area contributed by atoms with E-state index >= 15 is 0 Å².